The Morgan fingerprint density at radius 1 is 1.17 bits per heavy atom. The van der Waals surface area contributed by atoms with Gasteiger partial charge >= 0.3 is 12.0 Å². The maximum absolute atomic E-state index is 12.0. The lowest BCUT2D eigenvalue weighted by molar-refractivity contribution is -0.127. The van der Waals surface area contributed by atoms with Gasteiger partial charge in [0.25, 0.3) is 5.91 Å². The van der Waals surface area contributed by atoms with Crippen molar-refractivity contribution in [2.75, 3.05) is 13.7 Å². The van der Waals surface area contributed by atoms with E-state index in [9.17, 15) is 14.4 Å². The van der Waals surface area contributed by atoms with Crippen LogP contribution in [0.1, 0.15) is 31.1 Å². The number of esters is 1. The highest BCUT2D eigenvalue weighted by Gasteiger charge is 2.20. The summed E-state index contributed by atoms with van der Waals surface area (Å²) < 4.78 is 10.6. The second-order valence-electron chi connectivity index (χ2n) is 5.35. The van der Waals surface area contributed by atoms with Crippen LogP contribution in [0, 0.1) is 5.92 Å². The Balaban J connectivity index is 2.65. The molecule has 1 aromatic carbocycles. The van der Waals surface area contributed by atoms with Gasteiger partial charge in [-0.15, -0.1) is 0 Å². The average molecular weight is 322 g/mol. The van der Waals surface area contributed by atoms with Crippen molar-refractivity contribution in [3.8, 4) is 5.75 Å². The molecule has 0 spiro atoms. The van der Waals surface area contributed by atoms with Crippen molar-refractivity contribution in [3.63, 3.8) is 0 Å². The third-order valence-corrected chi connectivity index (χ3v) is 2.77. The SMILES string of the molecule is CNC(=O)NC(=O)[C@@H](C)OC(=O)c1cccc(OCC(C)C)c1. The normalized spacial score (nSPS) is 11.5. The zero-order chi connectivity index (χ0) is 17.4. The van der Waals surface area contributed by atoms with E-state index in [-0.39, 0.29) is 5.56 Å². The number of carbonyl (C=O) groups excluding carboxylic acids is 3. The van der Waals surface area contributed by atoms with Crippen molar-refractivity contribution >= 4 is 17.9 Å². The molecule has 0 saturated heterocycles. The summed E-state index contributed by atoms with van der Waals surface area (Å²) >= 11 is 0. The molecular formula is C16H22N2O5. The van der Waals surface area contributed by atoms with Gasteiger partial charge < -0.3 is 14.8 Å². The molecule has 0 heterocycles. The number of carbonyl (C=O) groups is 3. The molecule has 0 aliphatic carbocycles. The van der Waals surface area contributed by atoms with Crippen LogP contribution in [0.25, 0.3) is 0 Å². The summed E-state index contributed by atoms with van der Waals surface area (Å²) in [5.41, 5.74) is 0.269. The number of imide groups is 1. The van der Waals surface area contributed by atoms with Crippen LogP contribution in [0.15, 0.2) is 24.3 Å². The standard InChI is InChI=1S/C16H22N2O5/c1-10(2)9-22-13-7-5-6-12(8-13)15(20)23-11(3)14(19)18-16(21)17-4/h5-8,10-11H,9H2,1-4H3,(H2,17,18,19,21)/t11-/m1/s1. The van der Waals surface area contributed by atoms with Gasteiger partial charge in [0.2, 0.25) is 0 Å². The van der Waals surface area contributed by atoms with Gasteiger partial charge in [0.05, 0.1) is 12.2 Å². The van der Waals surface area contributed by atoms with E-state index in [4.69, 9.17) is 9.47 Å². The van der Waals surface area contributed by atoms with Crippen LogP contribution >= 0.6 is 0 Å². The fourth-order valence-corrected chi connectivity index (χ4v) is 1.53. The molecule has 2 N–H and O–H groups in total. The molecule has 23 heavy (non-hydrogen) atoms. The fourth-order valence-electron chi connectivity index (χ4n) is 1.53. The Morgan fingerprint density at radius 3 is 2.48 bits per heavy atom. The predicted octanol–water partition coefficient (Wildman–Crippen LogP) is 1.72. The van der Waals surface area contributed by atoms with Gasteiger partial charge in [-0.05, 0) is 31.0 Å². The Morgan fingerprint density at radius 2 is 1.87 bits per heavy atom. The Labute approximate surface area is 135 Å². The molecule has 0 bridgehead atoms. The summed E-state index contributed by atoms with van der Waals surface area (Å²) in [7, 11) is 1.38. The van der Waals surface area contributed by atoms with Crippen LogP contribution < -0.4 is 15.4 Å². The first-order valence-corrected chi connectivity index (χ1v) is 7.30. The zero-order valence-corrected chi connectivity index (χ0v) is 13.7. The summed E-state index contributed by atoms with van der Waals surface area (Å²) in [6.45, 7) is 5.95. The van der Waals surface area contributed by atoms with E-state index in [0.29, 0.717) is 18.3 Å². The van der Waals surface area contributed by atoms with Gasteiger partial charge in [-0.2, -0.15) is 0 Å². The topological polar surface area (TPSA) is 93.7 Å². The molecule has 126 valence electrons. The number of nitrogens with one attached hydrogen (secondary N) is 2. The number of hydrogen-bond acceptors (Lipinski definition) is 5. The lowest BCUT2D eigenvalue weighted by atomic mass is 10.2. The molecule has 0 radical (unpaired) electrons. The predicted molar refractivity (Wildman–Crippen MR) is 84.3 cm³/mol. The highest BCUT2D eigenvalue weighted by atomic mass is 16.5. The van der Waals surface area contributed by atoms with Gasteiger partial charge in [0.15, 0.2) is 6.10 Å². The molecule has 1 rings (SSSR count). The van der Waals surface area contributed by atoms with Crippen molar-refractivity contribution < 1.29 is 23.9 Å². The second-order valence-corrected chi connectivity index (χ2v) is 5.35. The maximum atomic E-state index is 12.0. The van der Waals surface area contributed by atoms with Crippen molar-refractivity contribution in [1.82, 2.24) is 10.6 Å². The van der Waals surface area contributed by atoms with Crippen molar-refractivity contribution in [2.45, 2.75) is 26.9 Å². The van der Waals surface area contributed by atoms with Crippen LogP contribution in [0.3, 0.4) is 0 Å². The van der Waals surface area contributed by atoms with Crippen molar-refractivity contribution in [2.24, 2.45) is 5.92 Å². The third-order valence-electron chi connectivity index (χ3n) is 2.77. The molecule has 0 saturated carbocycles. The minimum absolute atomic E-state index is 0.269. The van der Waals surface area contributed by atoms with Crippen LogP contribution in [0.2, 0.25) is 0 Å². The number of amides is 3. The molecule has 1 atom stereocenters. The third kappa shape index (κ3) is 6.37. The smallest absolute Gasteiger partial charge is 0.339 e. The maximum Gasteiger partial charge on any atom is 0.339 e. The first-order valence-electron chi connectivity index (χ1n) is 7.30. The minimum atomic E-state index is -1.10. The summed E-state index contributed by atoms with van der Waals surface area (Å²) in [5.74, 6) is -0.459. The van der Waals surface area contributed by atoms with E-state index < -0.39 is 24.0 Å². The van der Waals surface area contributed by atoms with Crippen molar-refractivity contribution in [1.29, 1.82) is 0 Å². The molecule has 0 aliphatic rings. The Kier molecular flexibility index (Phi) is 7.05. The lowest BCUT2D eigenvalue weighted by Crippen LogP contribution is -2.43. The minimum Gasteiger partial charge on any atom is -0.493 e. The van der Waals surface area contributed by atoms with E-state index in [2.05, 4.69) is 5.32 Å². The van der Waals surface area contributed by atoms with Crippen LogP contribution in [-0.4, -0.2) is 37.7 Å². The molecule has 0 aromatic heterocycles. The largest absolute Gasteiger partial charge is 0.493 e. The first-order chi connectivity index (χ1) is 10.8. The average Bonchev–Trinajstić information content (AvgIpc) is 2.52. The van der Waals surface area contributed by atoms with Gasteiger partial charge in [0, 0.05) is 7.05 Å². The molecule has 7 nitrogen and oxygen atoms in total. The number of urea groups is 1. The highest BCUT2D eigenvalue weighted by molar-refractivity contribution is 5.98. The highest BCUT2D eigenvalue weighted by Crippen LogP contribution is 2.15. The number of benzene rings is 1. The van der Waals surface area contributed by atoms with E-state index in [1.807, 2.05) is 19.2 Å². The van der Waals surface area contributed by atoms with E-state index in [1.165, 1.54) is 14.0 Å². The quantitative estimate of drug-likeness (QED) is 0.778. The molecule has 3 amide bonds. The zero-order valence-electron chi connectivity index (χ0n) is 13.7. The van der Waals surface area contributed by atoms with Crippen LogP contribution in [-0.2, 0) is 9.53 Å². The lowest BCUT2D eigenvalue weighted by Gasteiger charge is -2.13. The Hall–Kier alpha value is -2.57. The van der Waals surface area contributed by atoms with Crippen molar-refractivity contribution in [3.05, 3.63) is 29.8 Å². The number of ether oxygens (including phenoxy) is 2. The summed E-state index contributed by atoms with van der Waals surface area (Å²) in [5, 5.41) is 4.28. The number of hydrogen-bond donors (Lipinski definition) is 2. The van der Waals surface area contributed by atoms with Gasteiger partial charge in [-0.25, -0.2) is 9.59 Å². The fraction of sp³-hybridized carbons (Fsp3) is 0.438. The van der Waals surface area contributed by atoms with Crippen LogP contribution in [0.4, 0.5) is 4.79 Å². The van der Waals surface area contributed by atoms with Crippen LogP contribution in [0.5, 0.6) is 5.75 Å². The molecule has 0 unspecified atom stereocenters. The molecular weight excluding hydrogens is 300 g/mol. The van der Waals surface area contributed by atoms with Gasteiger partial charge in [0.1, 0.15) is 5.75 Å². The van der Waals surface area contributed by atoms with Gasteiger partial charge in [-0.1, -0.05) is 19.9 Å². The summed E-state index contributed by atoms with van der Waals surface area (Å²) in [6.07, 6.45) is -1.10. The van der Waals surface area contributed by atoms with E-state index in [1.54, 1.807) is 24.3 Å². The molecule has 0 fully saturated rings. The number of rotatable bonds is 6. The Bertz CT molecular complexity index is 571. The monoisotopic (exact) mass is 322 g/mol. The van der Waals surface area contributed by atoms with Gasteiger partial charge in [-0.3, -0.25) is 10.1 Å². The summed E-state index contributed by atoms with van der Waals surface area (Å²) in [4.78, 5) is 34.8. The molecule has 0 aliphatic heterocycles. The second kappa shape index (κ2) is 8.77. The molecule has 1 aromatic rings. The first kappa shape index (κ1) is 18.5. The van der Waals surface area contributed by atoms with E-state index in [0.717, 1.165) is 0 Å². The van der Waals surface area contributed by atoms with E-state index >= 15 is 0 Å². The summed E-state index contributed by atoms with van der Waals surface area (Å²) in [6, 6.07) is 5.85. The molecule has 7 heteroatoms.